The van der Waals surface area contributed by atoms with Crippen LogP contribution in [0.5, 0.6) is 0 Å². The van der Waals surface area contributed by atoms with E-state index in [4.69, 9.17) is 16.7 Å². The molecule has 112 valence electrons. The minimum atomic E-state index is -3.79. The van der Waals surface area contributed by atoms with Gasteiger partial charge in [-0.25, -0.2) is 13.6 Å². The van der Waals surface area contributed by atoms with E-state index in [1.807, 2.05) is 0 Å². The zero-order valence-corrected chi connectivity index (χ0v) is 12.9. The molecule has 1 aromatic rings. The molecule has 0 heterocycles. The summed E-state index contributed by atoms with van der Waals surface area (Å²) in [5.74, 6) is -0.133. The van der Waals surface area contributed by atoms with Crippen LogP contribution in [-0.4, -0.2) is 14.3 Å². The standard InChI is InChI=1S/C13H19ClN2O3S/c1-2-3-4-5-6-13(17)16-12-8-7-10(9-11(12)14)20(15,18)19/h7-9H,2-6H2,1H3,(H,16,17)(H2,15,18,19). The lowest BCUT2D eigenvalue weighted by molar-refractivity contribution is -0.116. The molecule has 0 saturated carbocycles. The van der Waals surface area contributed by atoms with Crippen LogP contribution in [0, 0.1) is 0 Å². The van der Waals surface area contributed by atoms with Gasteiger partial charge < -0.3 is 5.32 Å². The Labute approximate surface area is 124 Å². The van der Waals surface area contributed by atoms with Crippen LogP contribution < -0.4 is 10.5 Å². The molecule has 5 nitrogen and oxygen atoms in total. The number of anilines is 1. The lowest BCUT2D eigenvalue weighted by atomic mass is 10.1. The van der Waals surface area contributed by atoms with E-state index in [-0.39, 0.29) is 15.8 Å². The van der Waals surface area contributed by atoms with Crippen molar-refractivity contribution in [3.63, 3.8) is 0 Å². The third-order valence-corrected chi connectivity index (χ3v) is 4.02. The summed E-state index contributed by atoms with van der Waals surface area (Å²) in [5, 5.41) is 7.81. The number of primary sulfonamides is 1. The van der Waals surface area contributed by atoms with Gasteiger partial charge in [-0.2, -0.15) is 0 Å². The summed E-state index contributed by atoms with van der Waals surface area (Å²) >= 11 is 5.93. The highest BCUT2D eigenvalue weighted by atomic mass is 35.5. The number of carbonyl (C=O) groups excluding carboxylic acids is 1. The van der Waals surface area contributed by atoms with Gasteiger partial charge in [-0.3, -0.25) is 4.79 Å². The first kappa shape index (κ1) is 16.9. The Bertz CT molecular complexity index is 573. The fraction of sp³-hybridized carbons (Fsp3) is 0.462. The zero-order chi connectivity index (χ0) is 15.2. The number of unbranched alkanes of at least 4 members (excludes halogenated alkanes) is 3. The number of nitrogens with two attached hydrogens (primary N) is 1. The largest absolute Gasteiger partial charge is 0.325 e. The number of hydrogen-bond donors (Lipinski definition) is 2. The van der Waals surface area contributed by atoms with Crippen molar-refractivity contribution in [2.45, 2.75) is 43.9 Å². The van der Waals surface area contributed by atoms with Crippen LogP contribution in [0.1, 0.15) is 39.0 Å². The number of nitrogens with one attached hydrogen (secondary N) is 1. The maximum absolute atomic E-state index is 11.7. The molecule has 20 heavy (non-hydrogen) atoms. The molecule has 0 aliphatic rings. The number of halogens is 1. The van der Waals surface area contributed by atoms with Gasteiger partial charge in [-0.15, -0.1) is 0 Å². The average Bonchev–Trinajstić information content (AvgIpc) is 2.36. The van der Waals surface area contributed by atoms with Gasteiger partial charge in [0, 0.05) is 6.42 Å². The minimum Gasteiger partial charge on any atom is -0.325 e. The van der Waals surface area contributed by atoms with Gasteiger partial charge in [0.25, 0.3) is 0 Å². The zero-order valence-electron chi connectivity index (χ0n) is 11.4. The molecular formula is C13H19ClN2O3S. The highest BCUT2D eigenvalue weighted by Crippen LogP contribution is 2.25. The predicted molar refractivity (Wildman–Crippen MR) is 80.2 cm³/mol. The Kier molecular flexibility index (Phi) is 6.45. The Morgan fingerprint density at radius 1 is 1.30 bits per heavy atom. The summed E-state index contributed by atoms with van der Waals surface area (Å²) in [6, 6.07) is 3.98. The van der Waals surface area contributed by atoms with E-state index in [1.165, 1.54) is 18.2 Å². The van der Waals surface area contributed by atoms with Gasteiger partial charge in [0.15, 0.2) is 0 Å². The van der Waals surface area contributed by atoms with Crippen LogP contribution in [0.3, 0.4) is 0 Å². The number of carbonyl (C=O) groups is 1. The van der Waals surface area contributed by atoms with Crippen molar-refractivity contribution in [1.82, 2.24) is 0 Å². The maximum atomic E-state index is 11.7. The van der Waals surface area contributed by atoms with Crippen molar-refractivity contribution in [2.24, 2.45) is 5.14 Å². The van der Waals surface area contributed by atoms with Crippen LogP contribution >= 0.6 is 11.6 Å². The van der Waals surface area contributed by atoms with Crippen LogP contribution in [0.15, 0.2) is 23.1 Å². The molecule has 0 spiro atoms. The highest BCUT2D eigenvalue weighted by Gasteiger charge is 2.12. The molecule has 1 rings (SSSR count). The first-order chi connectivity index (χ1) is 9.34. The summed E-state index contributed by atoms with van der Waals surface area (Å²) in [4.78, 5) is 11.6. The summed E-state index contributed by atoms with van der Waals surface area (Å²) in [7, 11) is -3.79. The lowest BCUT2D eigenvalue weighted by Gasteiger charge is -2.08. The third-order valence-electron chi connectivity index (χ3n) is 2.80. The Morgan fingerprint density at radius 2 is 2.00 bits per heavy atom. The van der Waals surface area contributed by atoms with E-state index in [9.17, 15) is 13.2 Å². The normalized spacial score (nSPS) is 11.3. The highest BCUT2D eigenvalue weighted by molar-refractivity contribution is 7.89. The second-order valence-corrected chi connectivity index (χ2v) is 6.51. The van der Waals surface area contributed by atoms with Gasteiger partial charge in [-0.05, 0) is 24.6 Å². The predicted octanol–water partition coefficient (Wildman–Crippen LogP) is 2.90. The van der Waals surface area contributed by atoms with Crippen molar-refractivity contribution in [2.75, 3.05) is 5.32 Å². The number of benzene rings is 1. The molecule has 3 N–H and O–H groups in total. The number of sulfonamides is 1. The van der Waals surface area contributed by atoms with E-state index in [0.717, 1.165) is 25.7 Å². The van der Waals surface area contributed by atoms with Crippen molar-refractivity contribution in [3.05, 3.63) is 23.2 Å². The number of rotatable bonds is 7. The minimum absolute atomic E-state index is 0.0801. The molecule has 0 radical (unpaired) electrons. The van der Waals surface area contributed by atoms with Crippen molar-refractivity contribution < 1.29 is 13.2 Å². The fourth-order valence-corrected chi connectivity index (χ4v) is 2.53. The van der Waals surface area contributed by atoms with Crippen LogP contribution in [0.4, 0.5) is 5.69 Å². The Hall–Kier alpha value is -1.11. The van der Waals surface area contributed by atoms with E-state index < -0.39 is 10.0 Å². The van der Waals surface area contributed by atoms with E-state index in [1.54, 1.807) is 0 Å². The number of hydrogen-bond acceptors (Lipinski definition) is 3. The summed E-state index contributed by atoms with van der Waals surface area (Å²) in [6.07, 6.45) is 4.49. The SMILES string of the molecule is CCCCCCC(=O)Nc1ccc(S(N)(=O)=O)cc1Cl. The summed E-state index contributed by atoms with van der Waals surface area (Å²) < 4.78 is 22.3. The molecule has 0 saturated heterocycles. The first-order valence-corrected chi connectivity index (χ1v) is 8.39. The molecule has 0 fully saturated rings. The van der Waals surface area contributed by atoms with Gasteiger partial charge >= 0.3 is 0 Å². The molecule has 1 amide bonds. The molecule has 7 heteroatoms. The van der Waals surface area contributed by atoms with Crippen LogP contribution in [0.25, 0.3) is 0 Å². The summed E-state index contributed by atoms with van der Waals surface area (Å²) in [5.41, 5.74) is 0.388. The quantitative estimate of drug-likeness (QED) is 0.757. The molecular weight excluding hydrogens is 300 g/mol. The second kappa shape index (κ2) is 7.61. The van der Waals surface area contributed by atoms with E-state index in [0.29, 0.717) is 12.1 Å². The Balaban J connectivity index is 2.63. The van der Waals surface area contributed by atoms with E-state index >= 15 is 0 Å². The summed E-state index contributed by atoms with van der Waals surface area (Å²) in [6.45, 7) is 2.10. The molecule has 0 aliphatic heterocycles. The van der Waals surface area contributed by atoms with Crippen LogP contribution in [-0.2, 0) is 14.8 Å². The number of amides is 1. The molecule has 0 aliphatic carbocycles. The molecule has 1 aromatic carbocycles. The Morgan fingerprint density at radius 3 is 2.55 bits per heavy atom. The van der Waals surface area contributed by atoms with Crippen molar-refractivity contribution in [1.29, 1.82) is 0 Å². The van der Waals surface area contributed by atoms with Gasteiger partial charge in [-0.1, -0.05) is 37.8 Å². The maximum Gasteiger partial charge on any atom is 0.238 e. The first-order valence-electron chi connectivity index (χ1n) is 6.46. The molecule has 0 atom stereocenters. The van der Waals surface area contributed by atoms with E-state index in [2.05, 4.69) is 12.2 Å². The van der Waals surface area contributed by atoms with Crippen molar-refractivity contribution >= 4 is 33.2 Å². The smallest absolute Gasteiger partial charge is 0.238 e. The van der Waals surface area contributed by atoms with Crippen molar-refractivity contribution in [3.8, 4) is 0 Å². The third kappa shape index (κ3) is 5.48. The average molecular weight is 319 g/mol. The lowest BCUT2D eigenvalue weighted by Crippen LogP contribution is -2.14. The van der Waals surface area contributed by atoms with Crippen LogP contribution in [0.2, 0.25) is 5.02 Å². The van der Waals surface area contributed by atoms with Gasteiger partial charge in [0.2, 0.25) is 15.9 Å². The second-order valence-electron chi connectivity index (χ2n) is 4.55. The van der Waals surface area contributed by atoms with Gasteiger partial charge in [0.1, 0.15) is 0 Å². The molecule has 0 bridgehead atoms. The topological polar surface area (TPSA) is 89.3 Å². The molecule has 0 unspecified atom stereocenters. The van der Waals surface area contributed by atoms with Gasteiger partial charge in [0.05, 0.1) is 15.6 Å². The monoisotopic (exact) mass is 318 g/mol. The molecule has 0 aromatic heterocycles. The fourth-order valence-electron chi connectivity index (χ4n) is 1.70.